The van der Waals surface area contributed by atoms with Crippen molar-refractivity contribution >= 4 is 17.3 Å². The Labute approximate surface area is 175 Å². The van der Waals surface area contributed by atoms with Crippen LogP contribution < -0.4 is 4.90 Å². The molecular weight excluding hydrogens is 372 g/mol. The number of ether oxygens (including phenoxy) is 1. The second-order valence-electron chi connectivity index (χ2n) is 9.12. The Hall–Kier alpha value is -0.810. The third-order valence-electron chi connectivity index (χ3n) is 6.48. The van der Waals surface area contributed by atoms with E-state index in [4.69, 9.17) is 16.3 Å². The van der Waals surface area contributed by atoms with E-state index >= 15 is 0 Å². The first-order chi connectivity index (χ1) is 13.4. The van der Waals surface area contributed by atoms with E-state index < -0.39 is 6.10 Å². The Morgan fingerprint density at radius 1 is 1.18 bits per heavy atom. The molecule has 0 amide bonds. The topological polar surface area (TPSA) is 35.9 Å². The molecule has 1 aromatic rings. The van der Waals surface area contributed by atoms with Crippen LogP contribution in [0.2, 0.25) is 5.02 Å². The van der Waals surface area contributed by atoms with Crippen LogP contribution in [0.15, 0.2) is 24.3 Å². The standard InChI is InChI=1S/C23H37ClN2O2/c1-17(2)22-8-7-18(3)13-23(22)28-16-21(27)15-25-9-11-26(12-10-25)20-6-4-5-19(24)14-20/h4-6,14,17-18,21-23,27H,7-13,15-16H2,1-3H3/t18-,21-,22-,23-/m1/s1. The molecule has 4 nitrogen and oxygen atoms in total. The lowest BCUT2D eigenvalue weighted by atomic mass is 9.75. The molecule has 2 aliphatic rings. The van der Waals surface area contributed by atoms with E-state index in [1.54, 1.807) is 0 Å². The van der Waals surface area contributed by atoms with Gasteiger partial charge in [-0.15, -0.1) is 0 Å². The number of nitrogens with zero attached hydrogens (tertiary/aromatic N) is 2. The highest BCUT2D eigenvalue weighted by Crippen LogP contribution is 2.35. The maximum Gasteiger partial charge on any atom is 0.0900 e. The summed E-state index contributed by atoms with van der Waals surface area (Å²) in [6, 6.07) is 8.05. The average Bonchev–Trinajstić information content (AvgIpc) is 2.67. The van der Waals surface area contributed by atoms with Gasteiger partial charge in [0.25, 0.3) is 0 Å². The minimum atomic E-state index is -0.414. The highest BCUT2D eigenvalue weighted by molar-refractivity contribution is 6.30. The number of rotatable bonds is 7. The summed E-state index contributed by atoms with van der Waals surface area (Å²) in [5, 5.41) is 11.3. The molecule has 158 valence electrons. The molecule has 1 aliphatic carbocycles. The van der Waals surface area contributed by atoms with E-state index in [2.05, 4.69) is 36.6 Å². The molecule has 0 spiro atoms. The van der Waals surface area contributed by atoms with Gasteiger partial charge in [0.15, 0.2) is 0 Å². The van der Waals surface area contributed by atoms with Gasteiger partial charge < -0.3 is 14.7 Å². The quantitative estimate of drug-likeness (QED) is 0.729. The zero-order chi connectivity index (χ0) is 20.1. The minimum Gasteiger partial charge on any atom is -0.389 e. The highest BCUT2D eigenvalue weighted by atomic mass is 35.5. The monoisotopic (exact) mass is 408 g/mol. The van der Waals surface area contributed by atoms with Crippen LogP contribution in [0.1, 0.15) is 40.0 Å². The number of hydrogen-bond donors (Lipinski definition) is 1. The van der Waals surface area contributed by atoms with Gasteiger partial charge >= 0.3 is 0 Å². The Kier molecular flexibility index (Phi) is 8.04. The summed E-state index contributed by atoms with van der Waals surface area (Å²) in [7, 11) is 0. The minimum absolute atomic E-state index is 0.304. The number of halogens is 1. The largest absolute Gasteiger partial charge is 0.389 e. The molecule has 1 saturated carbocycles. The van der Waals surface area contributed by atoms with Crippen molar-refractivity contribution in [2.45, 2.75) is 52.2 Å². The molecule has 1 aliphatic heterocycles. The summed E-state index contributed by atoms with van der Waals surface area (Å²) in [5.74, 6) is 2.01. The summed E-state index contributed by atoms with van der Waals surface area (Å²) in [6.45, 7) is 11.9. The molecule has 0 aromatic heterocycles. The van der Waals surface area contributed by atoms with E-state index in [-0.39, 0.29) is 0 Å². The fraction of sp³-hybridized carbons (Fsp3) is 0.739. The first-order valence-corrected chi connectivity index (χ1v) is 11.3. The number of piperazine rings is 1. The van der Waals surface area contributed by atoms with Crippen LogP contribution in [-0.4, -0.2) is 61.5 Å². The van der Waals surface area contributed by atoms with Crippen molar-refractivity contribution < 1.29 is 9.84 Å². The molecule has 1 aromatic carbocycles. The third-order valence-corrected chi connectivity index (χ3v) is 6.71. The lowest BCUT2D eigenvalue weighted by Gasteiger charge is -2.39. The zero-order valence-electron chi connectivity index (χ0n) is 17.7. The van der Waals surface area contributed by atoms with E-state index in [0.29, 0.717) is 31.1 Å². The number of aliphatic hydroxyl groups is 1. The maximum atomic E-state index is 10.5. The molecule has 4 atom stereocenters. The van der Waals surface area contributed by atoms with Gasteiger partial charge in [-0.3, -0.25) is 4.90 Å². The SMILES string of the molecule is CC(C)[C@H]1CC[C@@H](C)C[C@H]1OC[C@H](O)CN1CCN(c2cccc(Cl)c2)CC1. The molecular formula is C23H37ClN2O2. The van der Waals surface area contributed by atoms with Gasteiger partial charge in [-0.25, -0.2) is 0 Å². The normalized spacial score (nSPS) is 27.9. The third kappa shape index (κ3) is 6.09. The van der Waals surface area contributed by atoms with Gasteiger partial charge in [0.2, 0.25) is 0 Å². The summed E-state index contributed by atoms with van der Waals surface area (Å²) >= 11 is 6.11. The van der Waals surface area contributed by atoms with Crippen LogP contribution in [0.3, 0.4) is 0 Å². The van der Waals surface area contributed by atoms with Gasteiger partial charge in [-0.05, 0) is 48.8 Å². The van der Waals surface area contributed by atoms with Crippen LogP contribution in [0.25, 0.3) is 0 Å². The summed E-state index contributed by atoms with van der Waals surface area (Å²) in [6.07, 6.45) is 3.59. The van der Waals surface area contributed by atoms with Gasteiger partial charge in [-0.2, -0.15) is 0 Å². The number of benzene rings is 1. The lowest BCUT2D eigenvalue weighted by molar-refractivity contribution is -0.0740. The molecule has 28 heavy (non-hydrogen) atoms. The Morgan fingerprint density at radius 3 is 2.61 bits per heavy atom. The number of aliphatic hydroxyl groups excluding tert-OH is 1. The van der Waals surface area contributed by atoms with Crippen LogP contribution >= 0.6 is 11.6 Å². The average molecular weight is 409 g/mol. The predicted molar refractivity (Wildman–Crippen MR) is 117 cm³/mol. The van der Waals surface area contributed by atoms with Crippen molar-refractivity contribution in [3.05, 3.63) is 29.3 Å². The Bertz CT molecular complexity index is 604. The molecule has 1 heterocycles. The van der Waals surface area contributed by atoms with Crippen LogP contribution in [0.4, 0.5) is 5.69 Å². The van der Waals surface area contributed by atoms with E-state index in [1.165, 1.54) is 18.5 Å². The molecule has 2 fully saturated rings. The number of β-amino-alcohol motifs (C(OH)–C–C–N with tert-alkyl or cyclic N) is 1. The van der Waals surface area contributed by atoms with Crippen molar-refractivity contribution in [1.82, 2.24) is 4.90 Å². The molecule has 0 radical (unpaired) electrons. The second-order valence-corrected chi connectivity index (χ2v) is 9.56. The van der Waals surface area contributed by atoms with Crippen molar-refractivity contribution in [3.8, 4) is 0 Å². The van der Waals surface area contributed by atoms with Gasteiger partial charge in [-0.1, -0.05) is 44.9 Å². The van der Waals surface area contributed by atoms with Crippen LogP contribution in [0.5, 0.6) is 0 Å². The highest BCUT2D eigenvalue weighted by Gasteiger charge is 2.32. The molecule has 0 unspecified atom stereocenters. The molecule has 1 N–H and O–H groups in total. The van der Waals surface area contributed by atoms with Crippen molar-refractivity contribution in [2.24, 2.45) is 17.8 Å². The summed E-state index contributed by atoms with van der Waals surface area (Å²) in [4.78, 5) is 4.71. The van der Waals surface area contributed by atoms with Gasteiger partial charge in [0.05, 0.1) is 18.8 Å². The van der Waals surface area contributed by atoms with Crippen molar-refractivity contribution in [1.29, 1.82) is 0 Å². The molecule has 0 bridgehead atoms. The molecule has 1 saturated heterocycles. The molecule has 5 heteroatoms. The summed E-state index contributed by atoms with van der Waals surface area (Å²) < 4.78 is 6.23. The van der Waals surface area contributed by atoms with E-state index in [1.807, 2.05) is 18.2 Å². The maximum absolute atomic E-state index is 10.5. The zero-order valence-corrected chi connectivity index (χ0v) is 18.4. The van der Waals surface area contributed by atoms with Crippen molar-refractivity contribution in [3.63, 3.8) is 0 Å². The summed E-state index contributed by atoms with van der Waals surface area (Å²) in [5.41, 5.74) is 1.18. The predicted octanol–water partition coefficient (Wildman–Crippen LogP) is 4.30. The fourth-order valence-corrected chi connectivity index (χ4v) is 4.94. The van der Waals surface area contributed by atoms with Gasteiger partial charge in [0, 0.05) is 43.4 Å². The smallest absolute Gasteiger partial charge is 0.0900 e. The Morgan fingerprint density at radius 2 is 1.93 bits per heavy atom. The first kappa shape index (κ1) is 21.9. The van der Waals surface area contributed by atoms with E-state index in [0.717, 1.165) is 43.5 Å². The van der Waals surface area contributed by atoms with E-state index in [9.17, 15) is 5.11 Å². The second kappa shape index (κ2) is 10.3. The first-order valence-electron chi connectivity index (χ1n) is 10.9. The number of hydrogen-bond acceptors (Lipinski definition) is 4. The van der Waals surface area contributed by atoms with Crippen LogP contribution in [0, 0.1) is 17.8 Å². The molecule has 3 rings (SSSR count). The fourth-order valence-electron chi connectivity index (χ4n) is 4.75. The number of anilines is 1. The van der Waals surface area contributed by atoms with Gasteiger partial charge in [0.1, 0.15) is 0 Å². The van der Waals surface area contributed by atoms with Crippen molar-refractivity contribution in [2.75, 3.05) is 44.2 Å². The van der Waals surface area contributed by atoms with Crippen LogP contribution in [-0.2, 0) is 4.74 Å². The Balaban J connectivity index is 1.41. The lowest BCUT2D eigenvalue weighted by Crippen LogP contribution is -2.49.